The van der Waals surface area contributed by atoms with Gasteiger partial charge in [0.15, 0.2) is 5.96 Å². The molecule has 0 bridgehead atoms. The van der Waals surface area contributed by atoms with Crippen LogP contribution < -0.4 is 15.5 Å². The van der Waals surface area contributed by atoms with Crippen LogP contribution >= 0.6 is 0 Å². The lowest BCUT2D eigenvalue weighted by Gasteiger charge is -2.41. The van der Waals surface area contributed by atoms with Gasteiger partial charge in [0.25, 0.3) is 0 Å². The summed E-state index contributed by atoms with van der Waals surface area (Å²) < 4.78 is 33.5. The minimum absolute atomic E-state index is 0.0284. The van der Waals surface area contributed by atoms with Crippen molar-refractivity contribution in [2.45, 2.75) is 31.8 Å². The average molecular weight is 395 g/mol. The third-order valence-electron chi connectivity index (χ3n) is 5.56. The maximum Gasteiger partial charge on any atom is 0.191 e. The molecule has 0 amide bonds. The number of guanidine groups is 1. The number of rotatable bonds is 5. The summed E-state index contributed by atoms with van der Waals surface area (Å²) in [5.41, 5.74) is 0.0301. The Morgan fingerprint density at radius 2 is 1.89 bits per heavy atom. The number of para-hydroxylation sites is 1. The van der Waals surface area contributed by atoms with E-state index in [2.05, 4.69) is 34.4 Å². The van der Waals surface area contributed by atoms with Crippen LogP contribution in [0.15, 0.2) is 23.2 Å². The van der Waals surface area contributed by atoms with Crippen molar-refractivity contribution in [3.8, 4) is 0 Å². The Hall–Kier alpha value is -1.93. The molecular formula is C20H31F2N5O. The van der Waals surface area contributed by atoms with Crippen molar-refractivity contribution in [2.24, 2.45) is 4.99 Å². The van der Waals surface area contributed by atoms with E-state index in [-0.39, 0.29) is 17.3 Å². The zero-order valence-corrected chi connectivity index (χ0v) is 17.0. The number of halogens is 2. The Morgan fingerprint density at radius 1 is 1.21 bits per heavy atom. The Balaban J connectivity index is 1.53. The number of hydrogen-bond donors (Lipinski definition) is 2. The van der Waals surface area contributed by atoms with Gasteiger partial charge in [-0.15, -0.1) is 0 Å². The third kappa shape index (κ3) is 4.91. The van der Waals surface area contributed by atoms with Gasteiger partial charge in [-0.2, -0.15) is 0 Å². The zero-order chi connectivity index (χ0) is 20.1. The lowest BCUT2D eigenvalue weighted by Crippen LogP contribution is -2.57. The smallest absolute Gasteiger partial charge is 0.191 e. The van der Waals surface area contributed by atoms with Crippen LogP contribution in [0, 0.1) is 11.6 Å². The summed E-state index contributed by atoms with van der Waals surface area (Å²) in [6, 6.07) is 4.07. The standard InChI is InChI=1S/C20H31F2N5O/c1-20(2,27-9-11-28-12-10-27)14-24-19(23-3)25-15-7-8-26(13-15)18-16(21)5-4-6-17(18)22/h4-6,15H,7-14H2,1-3H3,(H2,23,24,25). The fourth-order valence-corrected chi connectivity index (χ4v) is 3.84. The van der Waals surface area contributed by atoms with Crippen LogP contribution in [0.3, 0.4) is 0 Å². The molecule has 3 rings (SSSR count). The lowest BCUT2D eigenvalue weighted by atomic mass is 10.0. The van der Waals surface area contributed by atoms with E-state index < -0.39 is 11.6 Å². The molecule has 1 aromatic carbocycles. The summed E-state index contributed by atoms with van der Waals surface area (Å²) in [6.45, 7) is 9.66. The highest BCUT2D eigenvalue weighted by Gasteiger charge is 2.30. The van der Waals surface area contributed by atoms with E-state index in [4.69, 9.17) is 4.74 Å². The second kappa shape index (κ2) is 9.05. The molecule has 28 heavy (non-hydrogen) atoms. The predicted octanol–water partition coefficient (Wildman–Crippen LogP) is 1.82. The van der Waals surface area contributed by atoms with Crippen LogP contribution in [0.4, 0.5) is 14.5 Å². The number of ether oxygens (including phenoxy) is 1. The molecule has 6 nitrogen and oxygen atoms in total. The topological polar surface area (TPSA) is 52.1 Å². The van der Waals surface area contributed by atoms with Gasteiger partial charge in [0.2, 0.25) is 0 Å². The summed E-state index contributed by atoms with van der Waals surface area (Å²) in [6.07, 6.45) is 0.793. The molecule has 1 atom stereocenters. The highest BCUT2D eigenvalue weighted by Crippen LogP contribution is 2.26. The molecule has 2 saturated heterocycles. The van der Waals surface area contributed by atoms with E-state index in [1.165, 1.54) is 18.2 Å². The lowest BCUT2D eigenvalue weighted by molar-refractivity contribution is -0.00834. The van der Waals surface area contributed by atoms with Gasteiger partial charge in [-0.25, -0.2) is 8.78 Å². The maximum absolute atomic E-state index is 14.0. The van der Waals surface area contributed by atoms with Crippen molar-refractivity contribution in [3.63, 3.8) is 0 Å². The Morgan fingerprint density at radius 3 is 2.54 bits per heavy atom. The molecule has 2 N–H and O–H groups in total. The molecule has 156 valence electrons. The van der Waals surface area contributed by atoms with Crippen LogP contribution in [-0.2, 0) is 4.74 Å². The number of benzene rings is 1. The molecule has 0 radical (unpaired) electrons. The molecule has 1 aromatic rings. The van der Waals surface area contributed by atoms with Crippen LogP contribution in [0.2, 0.25) is 0 Å². The summed E-state index contributed by atoms with van der Waals surface area (Å²) >= 11 is 0. The molecule has 2 fully saturated rings. The van der Waals surface area contributed by atoms with Crippen molar-refractivity contribution < 1.29 is 13.5 Å². The van der Waals surface area contributed by atoms with E-state index >= 15 is 0 Å². The van der Waals surface area contributed by atoms with E-state index in [1.807, 2.05) is 0 Å². The molecule has 8 heteroatoms. The van der Waals surface area contributed by atoms with Gasteiger partial charge >= 0.3 is 0 Å². The highest BCUT2D eigenvalue weighted by atomic mass is 19.1. The monoisotopic (exact) mass is 395 g/mol. The second-order valence-corrected chi connectivity index (χ2v) is 7.98. The van der Waals surface area contributed by atoms with Crippen LogP contribution in [0.1, 0.15) is 20.3 Å². The van der Waals surface area contributed by atoms with E-state index in [1.54, 1.807) is 11.9 Å². The van der Waals surface area contributed by atoms with E-state index in [0.717, 1.165) is 39.3 Å². The first-order chi connectivity index (χ1) is 13.4. The molecule has 0 saturated carbocycles. The van der Waals surface area contributed by atoms with Gasteiger partial charge in [0.1, 0.15) is 17.3 Å². The van der Waals surface area contributed by atoms with Crippen LogP contribution in [0.25, 0.3) is 0 Å². The zero-order valence-electron chi connectivity index (χ0n) is 17.0. The second-order valence-electron chi connectivity index (χ2n) is 7.98. The van der Waals surface area contributed by atoms with E-state index in [9.17, 15) is 8.78 Å². The molecule has 2 heterocycles. The SMILES string of the molecule is CN=C(NCC(C)(C)N1CCOCC1)NC1CCN(c2c(F)cccc2F)C1. The quantitative estimate of drug-likeness (QED) is 0.588. The van der Waals surface area contributed by atoms with Gasteiger partial charge in [-0.05, 0) is 32.4 Å². The number of hydrogen-bond acceptors (Lipinski definition) is 4. The number of anilines is 1. The highest BCUT2D eigenvalue weighted by molar-refractivity contribution is 5.80. The van der Waals surface area contributed by atoms with Crippen molar-refractivity contribution in [1.82, 2.24) is 15.5 Å². The van der Waals surface area contributed by atoms with Crippen molar-refractivity contribution in [3.05, 3.63) is 29.8 Å². The molecule has 1 unspecified atom stereocenters. The Kier molecular flexibility index (Phi) is 6.72. The van der Waals surface area contributed by atoms with Crippen molar-refractivity contribution in [2.75, 3.05) is 57.9 Å². The van der Waals surface area contributed by atoms with Gasteiger partial charge in [-0.1, -0.05) is 6.07 Å². The third-order valence-corrected chi connectivity index (χ3v) is 5.56. The normalized spacial score (nSPS) is 21.8. The molecule has 2 aliphatic heterocycles. The summed E-state index contributed by atoms with van der Waals surface area (Å²) in [5.74, 6) is -0.326. The predicted molar refractivity (Wildman–Crippen MR) is 108 cm³/mol. The van der Waals surface area contributed by atoms with Gasteiger partial charge in [0.05, 0.1) is 13.2 Å². The first-order valence-electron chi connectivity index (χ1n) is 9.89. The maximum atomic E-state index is 14.0. The molecule has 0 aromatic heterocycles. The number of aliphatic imine (C=N–C) groups is 1. The summed E-state index contributed by atoms with van der Waals surface area (Å²) in [4.78, 5) is 8.49. The number of morpholine rings is 1. The Labute approximate surface area is 165 Å². The molecule has 0 aliphatic carbocycles. The van der Waals surface area contributed by atoms with Gasteiger partial charge in [-0.3, -0.25) is 9.89 Å². The fraction of sp³-hybridized carbons (Fsp3) is 0.650. The van der Waals surface area contributed by atoms with Crippen molar-refractivity contribution >= 4 is 11.6 Å². The first kappa shape index (κ1) is 20.8. The Bertz CT molecular complexity index is 671. The summed E-state index contributed by atoms with van der Waals surface area (Å²) in [7, 11) is 1.74. The van der Waals surface area contributed by atoms with E-state index in [0.29, 0.717) is 19.0 Å². The molecular weight excluding hydrogens is 364 g/mol. The first-order valence-corrected chi connectivity index (χ1v) is 9.89. The van der Waals surface area contributed by atoms with Crippen LogP contribution in [0.5, 0.6) is 0 Å². The number of nitrogens with zero attached hydrogens (tertiary/aromatic N) is 3. The number of nitrogens with one attached hydrogen (secondary N) is 2. The van der Waals surface area contributed by atoms with Gasteiger partial charge < -0.3 is 20.3 Å². The fourth-order valence-electron chi connectivity index (χ4n) is 3.84. The minimum Gasteiger partial charge on any atom is -0.379 e. The van der Waals surface area contributed by atoms with Gasteiger partial charge in [0, 0.05) is 51.4 Å². The minimum atomic E-state index is -0.518. The molecule has 0 spiro atoms. The largest absolute Gasteiger partial charge is 0.379 e. The average Bonchev–Trinajstić information content (AvgIpc) is 3.13. The summed E-state index contributed by atoms with van der Waals surface area (Å²) in [5, 5.41) is 6.79. The molecule has 2 aliphatic rings. The van der Waals surface area contributed by atoms with Crippen molar-refractivity contribution in [1.29, 1.82) is 0 Å². The van der Waals surface area contributed by atoms with Crippen LogP contribution in [-0.4, -0.2) is 75.4 Å².